The summed E-state index contributed by atoms with van der Waals surface area (Å²) in [6, 6.07) is 74.1. The molecule has 270 valence electrons. The van der Waals surface area contributed by atoms with Crippen molar-refractivity contribution < 1.29 is 0 Å². The first-order valence-corrected chi connectivity index (χ1v) is 22.6. The Labute approximate surface area is 335 Å². The minimum Gasteiger partial charge on any atom is -0.228 e. The Hall–Kier alpha value is -6.94. The minimum absolute atomic E-state index is 0.702. The number of nitrogens with zero attached hydrogens (tertiary/aromatic N) is 2. The molecule has 0 bridgehead atoms. The van der Waals surface area contributed by atoms with Gasteiger partial charge in [-0.05, 0) is 78.1 Å². The molecule has 3 heteroatoms. The van der Waals surface area contributed by atoms with E-state index < -0.39 is 8.07 Å². The predicted octanol–water partition coefficient (Wildman–Crippen LogP) is 12.9. The van der Waals surface area contributed by atoms with E-state index in [0.29, 0.717) is 5.82 Å². The first kappa shape index (κ1) is 34.5. The van der Waals surface area contributed by atoms with Crippen molar-refractivity contribution in [3.05, 3.63) is 206 Å². The van der Waals surface area contributed by atoms with Crippen LogP contribution in [0.15, 0.2) is 206 Å². The molecular formula is C54H40N2Si. The number of aromatic nitrogens is 2. The fourth-order valence-electron chi connectivity index (χ4n) is 8.37. The highest BCUT2D eigenvalue weighted by molar-refractivity contribution is 7.03. The molecule has 0 aliphatic carbocycles. The van der Waals surface area contributed by atoms with E-state index in [0.717, 1.165) is 33.6 Å². The van der Waals surface area contributed by atoms with Crippen LogP contribution in [0, 0.1) is 0 Å². The number of benzene rings is 8. The fourth-order valence-corrected chi connectivity index (χ4v) is 11.4. The van der Waals surface area contributed by atoms with E-state index in [1.165, 1.54) is 55.3 Å². The SMILES string of the molecule is C[Si]1(C)c2ccccc2-c2cc(-c3ccc(-c4ccc(-c5nc(-c6ccc(-c7ccccc7)cc6)cc(-c6ccc(-c7ccccc7)cc6)n5)cc4)cc3)ccc21. The van der Waals surface area contributed by atoms with Crippen molar-refractivity contribution in [2.24, 2.45) is 0 Å². The van der Waals surface area contributed by atoms with Crippen molar-refractivity contribution in [1.82, 2.24) is 9.97 Å². The zero-order valence-corrected chi connectivity index (χ0v) is 33.0. The Morgan fingerprint density at radius 1 is 0.281 bits per heavy atom. The fraction of sp³-hybridized carbons (Fsp3) is 0.0370. The third-order valence-corrected chi connectivity index (χ3v) is 15.1. The summed E-state index contributed by atoms with van der Waals surface area (Å²) in [5, 5.41) is 3.08. The van der Waals surface area contributed by atoms with Crippen LogP contribution >= 0.6 is 0 Å². The van der Waals surface area contributed by atoms with Crippen LogP contribution in [0.1, 0.15) is 0 Å². The largest absolute Gasteiger partial charge is 0.228 e. The van der Waals surface area contributed by atoms with Crippen molar-refractivity contribution in [3.63, 3.8) is 0 Å². The molecule has 57 heavy (non-hydrogen) atoms. The van der Waals surface area contributed by atoms with Gasteiger partial charge in [-0.15, -0.1) is 0 Å². The molecule has 0 fully saturated rings. The molecule has 0 radical (unpaired) electrons. The quantitative estimate of drug-likeness (QED) is 0.152. The van der Waals surface area contributed by atoms with Crippen LogP contribution in [0.25, 0.3) is 89.5 Å². The van der Waals surface area contributed by atoms with E-state index in [1.54, 1.807) is 5.19 Å². The highest BCUT2D eigenvalue weighted by Gasteiger charge is 2.37. The van der Waals surface area contributed by atoms with Gasteiger partial charge in [-0.2, -0.15) is 0 Å². The molecule has 10 rings (SSSR count). The zero-order valence-electron chi connectivity index (χ0n) is 32.0. The van der Waals surface area contributed by atoms with E-state index in [1.807, 2.05) is 12.1 Å². The lowest BCUT2D eigenvalue weighted by Crippen LogP contribution is -2.49. The predicted molar refractivity (Wildman–Crippen MR) is 242 cm³/mol. The number of rotatable bonds is 7. The van der Waals surface area contributed by atoms with Crippen molar-refractivity contribution in [3.8, 4) is 89.5 Å². The second-order valence-corrected chi connectivity index (χ2v) is 19.8. The van der Waals surface area contributed by atoms with Crippen molar-refractivity contribution in [1.29, 1.82) is 0 Å². The summed E-state index contributed by atoms with van der Waals surface area (Å²) in [4.78, 5) is 10.3. The van der Waals surface area contributed by atoms with Gasteiger partial charge in [0.25, 0.3) is 0 Å². The lowest BCUT2D eigenvalue weighted by Gasteiger charge is -2.18. The molecule has 2 nitrogen and oxygen atoms in total. The molecule has 9 aromatic rings. The summed E-state index contributed by atoms with van der Waals surface area (Å²) < 4.78 is 0. The van der Waals surface area contributed by atoms with Crippen molar-refractivity contribution in [2.45, 2.75) is 13.1 Å². The van der Waals surface area contributed by atoms with Gasteiger partial charge in [0.2, 0.25) is 0 Å². The van der Waals surface area contributed by atoms with Crippen molar-refractivity contribution >= 4 is 18.4 Å². The van der Waals surface area contributed by atoms with Gasteiger partial charge < -0.3 is 0 Å². The third kappa shape index (κ3) is 6.52. The second-order valence-electron chi connectivity index (χ2n) is 15.4. The topological polar surface area (TPSA) is 25.8 Å². The summed E-state index contributed by atoms with van der Waals surface area (Å²) in [5.41, 5.74) is 17.2. The maximum absolute atomic E-state index is 5.15. The maximum Gasteiger partial charge on any atom is 0.160 e. The maximum atomic E-state index is 5.15. The molecule has 0 unspecified atom stereocenters. The van der Waals surface area contributed by atoms with Gasteiger partial charge in [-0.3, -0.25) is 0 Å². The third-order valence-electron chi connectivity index (χ3n) is 11.6. The summed E-state index contributed by atoms with van der Waals surface area (Å²) in [5.74, 6) is 0.702. The Kier molecular flexibility index (Phi) is 8.66. The van der Waals surface area contributed by atoms with Gasteiger partial charge in [0, 0.05) is 16.7 Å². The first-order chi connectivity index (χ1) is 28.0. The molecular weight excluding hydrogens is 705 g/mol. The Bertz CT molecular complexity index is 2760. The lowest BCUT2D eigenvalue weighted by molar-refractivity contribution is 1.18. The van der Waals surface area contributed by atoms with Crippen LogP contribution in [0.4, 0.5) is 0 Å². The molecule has 1 aliphatic heterocycles. The van der Waals surface area contributed by atoms with Crippen LogP contribution in [0.5, 0.6) is 0 Å². The molecule has 0 saturated heterocycles. The van der Waals surface area contributed by atoms with Crippen LogP contribution < -0.4 is 10.4 Å². The normalized spacial score (nSPS) is 12.5. The van der Waals surface area contributed by atoms with Crippen LogP contribution in [0.3, 0.4) is 0 Å². The average molecular weight is 745 g/mol. The highest BCUT2D eigenvalue weighted by atomic mass is 28.3. The van der Waals surface area contributed by atoms with Gasteiger partial charge in [-0.1, -0.05) is 207 Å². The molecule has 1 aromatic heterocycles. The molecule has 2 heterocycles. The smallest absolute Gasteiger partial charge is 0.160 e. The number of hydrogen-bond acceptors (Lipinski definition) is 2. The van der Waals surface area contributed by atoms with Gasteiger partial charge in [0.1, 0.15) is 8.07 Å². The van der Waals surface area contributed by atoms with Gasteiger partial charge in [0.05, 0.1) is 11.4 Å². The Morgan fingerprint density at radius 3 is 1.12 bits per heavy atom. The molecule has 0 N–H and O–H groups in total. The monoisotopic (exact) mass is 744 g/mol. The molecule has 0 atom stereocenters. The molecule has 0 amide bonds. The molecule has 0 spiro atoms. The summed E-state index contributed by atoms with van der Waals surface area (Å²) in [6.07, 6.45) is 0. The van der Waals surface area contributed by atoms with E-state index in [4.69, 9.17) is 9.97 Å². The standard InChI is InChI=1S/C54H40N2Si/c1-57(2)52-16-10-9-15-48(52)49-35-47(33-34-53(49)57)43-19-17-41(18-20-43)42-25-31-46(32-26-42)54-55-50(44-27-21-39(22-28-44)37-11-5-3-6-12-37)36-51(56-54)45-29-23-40(24-30-45)38-13-7-4-8-14-38/h3-36H,1-2H3. The summed E-state index contributed by atoms with van der Waals surface area (Å²) in [7, 11) is -1.67. The van der Waals surface area contributed by atoms with Gasteiger partial charge in [0.15, 0.2) is 5.82 Å². The highest BCUT2D eigenvalue weighted by Crippen LogP contribution is 2.34. The number of hydrogen-bond donors (Lipinski definition) is 0. The average Bonchev–Trinajstić information content (AvgIpc) is 3.52. The van der Waals surface area contributed by atoms with E-state index in [2.05, 4.69) is 207 Å². The zero-order chi connectivity index (χ0) is 38.3. The van der Waals surface area contributed by atoms with Crippen molar-refractivity contribution in [2.75, 3.05) is 0 Å². The van der Waals surface area contributed by atoms with Crippen LogP contribution in [-0.4, -0.2) is 18.0 Å². The lowest BCUT2D eigenvalue weighted by atomic mass is 9.97. The molecule has 0 saturated carbocycles. The first-order valence-electron chi connectivity index (χ1n) is 19.6. The summed E-state index contributed by atoms with van der Waals surface area (Å²) >= 11 is 0. The van der Waals surface area contributed by atoms with E-state index >= 15 is 0 Å². The van der Waals surface area contributed by atoms with Crippen LogP contribution in [-0.2, 0) is 0 Å². The number of fused-ring (bicyclic) bond motifs is 3. The van der Waals surface area contributed by atoms with E-state index in [-0.39, 0.29) is 0 Å². The van der Waals surface area contributed by atoms with Crippen LogP contribution in [0.2, 0.25) is 13.1 Å². The van der Waals surface area contributed by atoms with Gasteiger partial charge in [-0.25, -0.2) is 9.97 Å². The molecule has 8 aromatic carbocycles. The summed E-state index contributed by atoms with van der Waals surface area (Å²) in [6.45, 7) is 4.93. The van der Waals surface area contributed by atoms with Gasteiger partial charge >= 0.3 is 0 Å². The minimum atomic E-state index is -1.67. The second kappa shape index (κ2) is 14.3. The molecule has 1 aliphatic rings. The Balaban J connectivity index is 0.959. The van der Waals surface area contributed by atoms with E-state index in [9.17, 15) is 0 Å². The Morgan fingerprint density at radius 2 is 0.632 bits per heavy atom.